The molecule has 8 heteroatoms. The lowest BCUT2D eigenvalue weighted by Gasteiger charge is -2.11. The van der Waals surface area contributed by atoms with Crippen LogP contribution in [-0.2, 0) is 24.2 Å². The van der Waals surface area contributed by atoms with Crippen molar-refractivity contribution < 1.29 is 13.9 Å². The van der Waals surface area contributed by atoms with Gasteiger partial charge in [0, 0.05) is 9.90 Å². The van der Waals surface area contributed by atoms with Gasteiger partial charge in [-0.25, -0.2) is 19.2 Å². The van der Waals surface area contributed by atoms with Crippen molar-refractivity contribution in [3.8, 4) is 0 Å². The molecule has 0 fully saturated rings. The minimum Gasteiger partial charge on any atom is -0.454 e. The zero-order chi connectivity index (χ0) is 18.3. The Bertz CT molecular complexity index is 1020. The largest absolute Gasteiger partial charge is 0.454 e. The van der Waals surface area contributed by atoms with E-state index in [2.05, 4.69) is 9.97 Å². The number of esters is 1. The average Bonchev–Trinajstić information content (AvgIpc) is 3.00. The number of carbonyl (C=O) groups is 1. The highest BCUT2D eigenvalue weighted by molar-refractivity contribution is 7.19. The van der Waals surface area contributed by atoms with Crippen molar-refractivity contribution in [3.05, 3.63) is 50.9 Å². The summed E-state index contributed by atoms with van der Waals surface area (Å²) < 4.78 is 18.9. The molecule has 3 aromatic rings. The van der Waals surface area contributed by atoms with Gasteiger partial charge in [-0.15, -0.1) is 11.3 Å². The Kier molecular flexibility index (Phi) is 4.50. The minimum atomic E-state index is -0.822. The summed E-state index contributed by atoms with van der Waals surface area (Å²) in [5, 5.41) is 1.17. The number of thiophene rings is 1. The summed E-state index contributed by atoms with van der Waals surface area (Å²) in [6.45, 7) is -0.187. The maximum atomic E-state index is 13.7. The van der Waals surface area contributed by atoms with Crippen LogP contribution >= 0.6 is 22.9 Å². The van der Waals surface area contributed by atoms with Gasteiger partial charge in [0.15, 0.2) is 12.4 Å². The number of rotatable bonds is 3. The van der Waals surface area contributed by atoms with E-state index in [0.29, 0.717) is 11.6 Å². The standard InChI is InChI=1S/C18H15ClFN3O2S/c19-9-5-6-12(20)11(7-9)18(24)25-8-14-22-16(21)15-10-3-1-2-4-13(10)26-17(15)23-14/h5-7H,1-4,8H2,(H2,21,22,23). The Labute approximate surface area is 158 Å². The Morgan fingerprint density at radius 2 is 2.12 bits per heavy atom. The number of hydrogen-bond acceptors (Lipinski definition) is 6. The van der Waals surface area contributed by atoms with Gasteiger partial charge in [0.2, 0.25) is 0 Å². The van der Waals surface area contributed by atoms with Gasteiger partial charge in [0.05, 0.1) is 10.9 Å². The lowest BCUT2D eigenvalue weighted by Crippen LogP contribution is -2.10. The average molecular weight is 392 g/mol. The smallest absolute Gasteiger partial charge is 0.341 e. The van der Waals surface area contributed by atoms with Crippen LogP contribution in [0.25, 0.3) is 10.2 Å². The number of ether oxygens (including phenoxy) is 1. The molecule has 5 nitrogen and oxygen atoms in total. The summed E-state index contributed by atoms with van der Waals surface area (Å²) in [7, 11) is 0. The number of nitrogen functional groups attached to an aromatic ring is 1. The first-order valence-electron chi connectivity index (χ1n) is 8.21. The van der Waals surface area contributed by atoms with Crippen LogP contribution in [0.5, 0.6) is 0 Å². The van der Waals surface area contributed by atoms with E-state index in [1.807, 2.05) is 0 Å². The molecule has 4 rings (SSSR count). The lowest BCUT2D eigenvalue weighted by molar-refractivity contribution is 0.0457. The second kappa shape index (κ2) is 6.81. The zero-order valence-corrected chi connectivity index (χ0v) is 15.3. The van der Waals surface area contributed by atoms with E-state index in [1.54, 1.807) is 11.3 Å². The molecule has 0 bridgehead atoms. The highest BCUT2D eigenvalue weighted by Crippen LogP contribution is 2.37. The molecule has 2 N–H and O–H groups in total. The van der Waals surface area contributed by atoms with Crippen LogP contribution in [0.2, 0.25) is 5.02 Å². The summed E-state index contributed by atoms with van der Waals surface area (Å²) >= 11 is 7.41. The van der Waals surface area contributed by atoms with Crippen molar-refractivity contribution in [1.82, 2.24) is 9.97 Å². The third kappa shape index (κ3) is 3.12. The van der Waals surface area contributed by atoms with Gasteiger partial charge >= 0.3 is 5.97 Å². The normalized spacial score (nSPS) is 13.6. The van der Waals surface area contributed by atoms with E-state index >= 15 is 0 Å². The number of fused-ring (bicyclic) bond motifs is 3. The van der Waals surface area contributed by atoms with Crippen LogP contribution in [0.4, 0.5) is 10.2 Å². The maximum absolute atomic E-state index is 13.7. The summed E-state index contributed by atoms with van der Waals surface area (Å²) in [4.78, 5) is 23.0. The van der Waals surface area contributed by atoms with Crippen molar-refractivity contribution in [2.24, 2.45) is 0 Å². The molecule has 0 aliphatic heterocycles. The molecule has 0 saturated heterocycles. The number of aromatic nitrogens is 2. The molecule has 0 radical (unpaired) electrons. The first-order valence-corrected chi connectivity index (χ1v) is 9.41. The number of hydrogen-bond donors (Lipinski definition) is 1. The Morgan fingerprint density at radius 1 is 1.31 bits per heavy atom. The summed E-state index contributed by atoms with van der Waals surface area (Å²) in [6.07, 6.45) is 4.34. The SMILES string of the molecule is Nc1nc(COC(=O)c2cc(Cl)ccc2F)nc2sc3c(c12)CCCC3. The molecular formula is C18H15ClFN3O2S. The topological polar surface area (TPSA) is 78.1 Å². The van der Waals surface area contributed by atoms with Crippen molar-refractivity contribution in [2.45, 2.75) is 32.3 Å². The fourth-order valence-corrected chi connectivity index (χ4v) is 4.62. The number of benzene rings is 1. The van der Waals surface area contributed by atoms with Crippen LogP contribution in [0.3, 0.4) is 0 Å². The number of halogens is 2. The molecule has 0 saturated carbocycles. The second-order valence-electron chi connectivity index (χ2n) is 6.12. The van der Waals surface area contributed by atoms with E-state index in [-0.39, 0.29) is 17.2 Å². The molecule has 2 aromatic heterocycles. The van der Waals surface area contributed by atoms with Crippen LogP contribution in [0, 0.1) is 5.82 Å². The van der Waals surface area contributed by atoms with Crippen molar-refractivity contribution in [1.29, 1.82) is 0 Å². The lowest BCUT2D eigenvalue weighted by atomic mass is 9.97. The fraction of sp³-hybridized carbons (Fsp3) is 0.278. The van der Waals surface area contributed by atoms with Crippen molar-refractivity contribution >= 4 is 44.9 Å². The second-order valence-corrected chi connectivity index (χ2v) is 7.64. The molecule has 0 atom stereocenters. The van der Waals surface area contributed by atoms with Crippen LogP contribution in [-0.4, -0.2) is 15.9 Å². The van der Waals surface area contributed by atoms with Crippen LogP contribution in [0.15, 0.2) is 18.2 Å². The Balaban J connectivity index is 1.58. The number of anilines is 1. The minimum absolute atomic E-state index is 0.187. The van der Waals surface area contributed by atoms with Gasteiger partial charge < -0.3 is 10.5 Å². The van der Waals surface area contributed by atoms with Crippen LogP contribution in [0.1, 0.15) is 39.5 Å². The summed E-state index contributed by atoms with van der Waals surface area (Å²) in [6, 6.07) is 3.71. The fourth-order valence-electron chi connectivity index (χ4n) is 3.16. The third-order valence-electron chi connectivity index (χ3n) is 4.37. The molecular weight excluding hydrogens is 377 g/mol. The van der Waals surface area contributed by atoms with Gasteiger partial charge in [-0.3, -0.25) is 0 Å². The van der Waals surface area contributed by atoms with Crippen molar-refractivity contribution in [2.75, 3.05) is 5.73 Å². The predicted octanol–water partition coefficient (Wildman–Crippen LogP) is 4.30. The van der Waals surface area contributed by atoms with Gasteiger partial charge in [-0.1, -0.05) is 11.6 Å². The number of nitrogens with two attached hydrogens (primary N) is 1. The third-order valence-corrected chi connectivity index (χ3v) is 5.79. The molecule has 0 amide bonds. The van der Waals surface area contributed by atoms with E-state index in [1.165, 1.54) is 29.0 Å². The molecule has 134 valence electrons. The molecule has 1 aromatic carbocycles. The van der Waals surface area contributed by atoms with Gasteiger partial charge in [0.25, 0.3) is 0 Å². The summed E-state index contributed by atoms with van der Waals surface area (Å²) in [5.41, 5.74) is 7.15. The highest BCUT2D eigenvalue weighted by atomic mass is 35.5. The monoisotopic (exact) mass is 391 g/mol. The van der Waals surface area contributed by atoms with Gasteiger partial charge in [-0.05, 0) is 49.4 Å². The predicted molar refractivity (Wildman–Crippen MR) is 99.0 cm³/mol. The van der Waals surface area contributed by atoms with Gasteiger partial charge in [0.1, 0.15) is 16.5 Å². The Morgan fingerprint density at radius 3 is 2.96 bits per heavy atom. The zero-order valence-electron chi connectivity index (χ0n) is 13.7. The maximum Gasteiger partial charge on any atom is 0.341 e. The Hall–Kier alpha value is -2.25. The number of aryl methyl sites for hydroxylation is 2. The molecule has 26 heavy (non-hydrogen) atoms. The van der Waals surface area contributed by atoms with E-state index in [9.17, 15) is 9.18 Å². The first kappa shape index (κ1) is 17.2. The van der Waals surface area contributed by atoms with E-state index in [4.69, 9.17) is 22.1 Å². The van der Waals surface area contributed by atoms with Crippen LogP contribution < -0.4 is 5.73 Å². The molecule has 2 heterocycles. The number of nitrogens with zero attached hydrogens (tertiary/aromatic N) is 2. The summed E-state index contributed by atoms with van der Waals surface area (Å²) in [5.74, 6) is -0.822. The molecule has 0 unspecified atom stereocenters. The molecule has 0 spiro atoms. The molecule has 1 aliphatic rings. The van der Waals surface area contributed by atoms with E-state index in [0.717, 1.165) is 35.5 Å². The highest BCUT2D eigenvalue weighted by Gasteiger charge is 2.21. The quantitative estimate of drug-likeness (QED) is 0.673. The van der Waals surface area contributed by atoms with E-state index < -0.39 is 11.8 Å². The first-order chi connectivity index (χ1) is 12.5. The van der Waals surface area contributed by atoms with Gasteiger partial charge in [-0.2, -0.15) is 0 Å². The number of carbonyl (C=O) groups excluding carboxylic acids is 1. The van der Waals surface area contributed by atoms with Crippen molar-refractivity contribution in [3.63, 3.8) is 0 Å². The molecule has 1 aliphatic carbocycles.